The number of rotatable bonds is 3. The molecule has 0 radical (unpaired) electrons. The van der Waals surface area contributed by atoms with Gasteiger partial charge < -0.3 is 0 Å². The Morgan fingerprint density at radius 1 is 0.818 bits per heavy atom. The molecule has 0 saturated carbocycles. The van der Waals surface area contributed by atoms with Gasteiger partial charge in [0.1, 0.15) is 0 Å². The number of nitrogens with zero attached hydrogens (tertiary/aromatic N) is 4. The summed E-state index contributed by atoms with van der Waals surface area (Å²) in [4.78, 5) is 0. The van der Waals surface area contributed by atoms with Gasteiger partial charge in [-0.05, 0) is 39.8 Å². The maximum atomic E-state index is 4.73. The molecular formula is C18H22N4. The Kier molecular flexibility index (Phi) is 3.61. The number of hydrogen-bond donors (Lipinski definition) is 0. The van der Waals surface area contributed by atoms with Crippen molar-refractivity contribution in [2.24, 2.45) is 7.05 Å². The van der Waals surface area contributed by atoms with E-state index < -0.39 is 0 Å². The van der Waals surface area contributed by atoms with E-state index in [4.69, 9.17) is 5.10 Å². The third kappa shape index (κ3) is 2.34. The molecule has 1 aromatic carbocycles. The average molecular weight is 294 g/mol. The van der Waals surface area contributed by atoms with E-state index in [1.807, 2.05) is 34.6 Å². The zero-order valence-corrected chi connectivity index (χ0v) is 13.9. The highest BCUT2D eigenvalue weighted by Gasteiger charge is 2.17. The molecule has 0 unspecified atom stereocenters. The number of para-hydroxylation sites is 1. The minimum Gasteiger partial charge on any atom is -0.272 e. The molecule has 3 rings (SSSR count). The summed E-state index contributed by atoms with van der Waals surface area (Å²) in [5, 5.41) is 9.25. The molecule has 4 nitrogen and oxygen atoms in total. The fourth-order valence-corrected chi connectivity index (χ4v) is 3.00. The second kappa shape index (κ2) is 5.44. The van der Waals surface area contributed by atoms with Crippen molar-refractivity contribution in [3.8, 4) is 5.69 Å². The van der Waals surface area contributed by atoms with Crippen molar-refractivity contribution in [2.75, 3.05) is 0 Å². The maximum absolute atomic E-state index is 4.73. The summed E-state index contributed by atoms with van der Waals surface area (Å²) < 4.78 is 3.99. The molecule has 0 aliphatic rings. The highest BCUT2D eigenvalue weighted by Crippen LogP contribution is 2.23. The first-order valence-corrected chi connectivity index (χ1v) is 7.58. The lowest BCUT2D eigenvalue weighted by atomic mass is 10.0. The van der Waals surface area contributed by atoms with Gasteiger partial charge in [0.05, 0.1) is 17.1 Å². The monoisotopic (exact) mass is 294 g/mol. The van der Waals surface area contributed by atoms with Crippen LogP contribution in [0.15, 0.2) is 30.3 Å². The van der Waals surface area contributed by atoms with Crippen molar-refractivity contribution in [3.05, 3.63) is 64.2 Å². The molecule has 0 aliphatic heterocycles. The van der Waals surface area contributed by atoms with Gasteiger partial charge in [-0.1, -0.05) is 18.2 Å². The zero-order chi connectivity index (χ0) is 15.9. The quantitative estimate of drug-likeness (QED) is 0.742. The number of aryl methyl sites for hydroxylation is 3. The molecule has 0 spiro atoms. The Balaban J connectivity index is 2.04. The summed E-state index contributed by atoms with van der Waals surface area (Å²) in [5.74, 6) is 0. The molecule has 4 heteroatoms. The normalized spacial score (nSPS) is 11.1. The smallest absolute Gasteiger partial charge is 0.0648 e. The molecule has 2 heterocycles. The van der Waals surface area contributed by atoms with Gasteiger partial charge >= 0.3 is 0 Å². The number of hydrogen-bond acceptors (Lipinski definition) is 2. The third-order valence-electron chi connectivity index (χ3n) is 4.45. The molecule has 0 amide bonds. The van der Waals surface area contributed by atoms with E-state index in [9.17, 15) is 0 Å². The van der Waals surface area contributed by atoms with Crippen molar-refractivity contribution in [1.82, 2.24) is 19.6 Å². The van der Waals surface area contributed by atoms with Crippen LogP contribution in [-0.4, -0.2) is 19.6 Å². The van der Waals surface area contributed by atoms with E-state index in [1.54, 1.807) is 0 Å². The van der Waals surface area contributed by atoms with Crippen LogP contribution >= 0.6 is 0 Å². The van der Waals surface area contributed by atoms with Crippen LogP contribution < -0.4 is 0 Å². The molecule has 22 heavy (non-hydrogen) atoms. The van der Waals surface area contributed by atoms with Crippen LogP contribution in [0.1, 0.15) is 33.9 Å². The van der Waals surface area contributed by atoms with Crippen LogP contribution in [0.2, 0.25) is 0 Å². The van der Waals surface area contributed by atoms with Gasteiger partial charge in [0.15, 0.2) is 0 Å². The van der Waals surface area contributed by atoms with Gasteiger partial charge in [-0.3, -0.25) is 4.68 Å². The fourth-order valence-electron chi connectivity index (χ4n) is 3.00. The van der Waals surface area contributed by atoms with Crippen molar-refractivity contribution in [1.29, 1.82) is 0 Å². The Labute approximate surface area is 131 Å². The zero-order valence-electron chi connectivity index (χ0n) is 13.9. The highest BCUT2D eigenvalue weighted by atomic mass is 15.3. The second-order valence-electron chi connectivity index (χ2n) is 5.85. The minimum atomic E-state index is 0.885. The Morgan fingerprint density at radius 3 is 2.00 bits per heavy atom. The van der Waals surface area contributed by atoms with Crippen LogP contribution in [0, 0.1) is 27.7 Å². The third-order valence-corrected chi connectivity index (χ3v) is 4.45. The minimum absolute atomic E-state index is 0.885. The number of benzene rings is 1. The topological polar surface area (TPSA) is 35.6 Å². The molecule has 0 saturated heterocycles. The molecule has 3 aromatic rings. The van der Waals surface area contributed by atoms with Gasteiger partial charge in [0.2, 0.25) is 0 Å². The lowest BCUT2D eigenvalue weighted by Crippen LogP contribution is -2.00. The lowest BCUT2D eigenvalue weighted by molar-refractivity contribution is 0.730. The van der Waals surface area contributed by atoms with E-state index in [1.165, 1.54) is 22.5 Å². The predicted molar refractivity (Wildman–Crippen MR) is 88.5 cm³/mol. The van der Waals surface area contributed by atoms with Gasteiger partial charge in [0.25, 0.3) is 0 Å². The molecule has 0 aliphatic carbocycles. The first-order chi connectivity index (χ1) is 10.5. The molecule has 2 aromatic heterocycles. The largest absolute Gasteiger partial charge is 0.272 e. The summed E-state index contributed by atoms with van der Waals surface area (Å²) >= 11 is 0. The van der Waals surface area contributed by atoms with Crippen LogP contribution in [-0.2, 0) is 13.5 Å². The van der Waals surface area contributed by atoms with Crippen molar-refractivity contribution in [3.63, 3.8) is 0 Å². The molecule has 0 bridgehead atoms. The molecule has 114 valence electrons. The average Bonchev–Trinajstić information content (AvgIpc) is 2.92. The highest BCUT2D eigenvalue weighted by molar-refractivity contribution is 5.40. The summed E-state index contributed by atoms with van der Waals surface area (Å²) in [6.07, 6.45) is 0.885. The van der Waals surface area contributed by atoms with E-state index >= 15 is 0 Å². The van der Waals surface area contributed by atoms with E-state index in [0.717, 1.165) is 23.5 Å². The fraction of sp³-hybridized carbons (Fsp3) is 0.333. The molecule has 0 N–H and O–H groups in total. The van der Waals surface area contributed by atoms with Gasteiger partial charge in [-0.2, -0.15) is 10.2 Å². The van der Waals surface area contributed by atoms with E-state index in [0.29, 0.717) is 0 Å². The van der Waals surface area contributed by atoms with Gasteiger partial charge in [-0.25, -0.2) is 4.68 Å². The van der Waals surface area contributed by atoms with Crippen LogP contribution in [0.25, 0.3) is 5.69 Å². The first-order valence-electron chi connectivity index (χ1n) is 7.58. The van der Waals surface area contributed by atoms with Crippen molar-refractivity contribution in [2.45, 2.75) is 34.1 Å². The Morgan fingerprint density at radius 2 is 1.41 bits per heavy atom. The predicted octanol–water partition coefficient (Wildman–Crippen LogP) is 3.43. The Bertz CT molecular complexity index is 809. The van der Waals surface area contributed by atoms with Crippen molar-refractivity contribution < 1.29 is 0 Å². The summed E-state index contributed by atoms with van der Waals surface area (Å²) in [5.41, 5.74) is 8.32. The van der Waals surface area contributed by atoms with E-state index in [-0.39, 0.29) is 0 Å². The van der Waals surface area contributed by atoms with Crippen LogP contribution in [0.4, 0.5) is 0 Å². The SMILES string of the molecule is Cc1nn(C)c(C)c1Cc1c(C)nn(-c2ccccc2)c1C. The summed E-state index contributed by atoms with van der Waals surface area (Å²) in [6, 6.07) is 10.3. The van der Waals surface area contributed by atoms with Gasteiger partial charge in [-0.15, -0.1) is 0 Å². The second-order valence-corrected chi connectivity index (χ2v) is 5.85. The molecule has 0 fully saturated rings. The van der Waals surface area contributed by atoms with E-state index in [2.05, 4.69) is 44.9 Å². The number of aromatic nitrogens is 4. The Hall–Kier alpha value is -2.36. The lowest BCUT2D eigenvalue weighted by Gasteiger charge is -2.06. The van der Waals surface area contributed by atoms with Crippen LogP contribution in [0.5, 0.6) is 0 Å². The summed E-state index contributed by atoms with van der Waals surface area (Å²) in [6.45, 7) is 8.43. The van der Waals surface area contributed by atoms with Crippen LogP contribution in [0.3, 0.4) is 0 Å². The summed E-state index contributed by atoms with van der Waals surface area (Å²) in [7, 11) is 2.00. The maximum Gasteiger partial charge on any atom is 0.0648 e. The standard InChI is InChI=1S/C18H22N4/c1-12-17(14(3)21(5)19-12)11-18-13(2)20-22(15(18)4)16-9-7-6-8-10-16/h6-10H,11H2,1-5H3. The molecule has 0 atom stereocenters. The van der Waals surface area contributed by atoms with Crippen molar-refractivity contribution >= 4 is 0 Å². The molecular weight excluding hydrogens is 272 g/mol. The first kappa shape index (κ1) is 14.6. The van der Waals surface area contributed by atoms with Gasteiger partial charge in [0, 0.05) is 36.0 Å².